The second-order valence-electron chi connectivity index (χ2n) is 5.80. The summed E-state index contributed by atoms with van der Waals surface area (Å²) in [4.78, 5) is 23.4. The van der Waals surface area contributed by atoms with Crippen molar-refractivity contribution < 1.29 is 23.5 Å². The molecule has 0 radical (unpaired) electrons. The number of rotatable bonds is 6. The Kier molecular flexibility index (Phi) is 4.57. The van der Waals surface area contributed by atoms with Crippen LogP contribution in [0, 0.1) is 11.7 Å². The summed E-state index contributed by atoms with van der Waals surface area (Å²) in [7, 11) is 0. The minimum atomic E-state index is -1.09. The molecule has 3 atom stereocenters. The van der Waals surface area contributed by atoms with E-state index in [0.717, 1.165) is 11.8 Å². The fraction of sp³-hybridized carbons (Fsp3) is 0.294. The summed E-state index contributed by atoms with van der Waals surface area (Å²) in [6.07, 6.45) is 1.85. The Morgan fingerprint density at radius 2 is 2.21 bits per heavy atom. The monoisotopic (exact) mass is 351 g/mol. The van der Waals surface area contributed by atoms with Crippen LogP contribution in [0.3, 0.4) is 0 Å². The number of hydrogen-bond donors (Lipinski definition) is 2. The van der Waals surface area contributed by atoms with Crippen LogP contribution in [-0.4, -0.2) is 17.0 Å². The predicted molar refractivity (Wildman–Crippen MR) is 84.1 cm³/mol. The van der Waals surface area contributed by atoms with Crippen molar-refractivity contribution in [2.45, 2.75) is 24.8 Å². The van der Waals surface area contributed by atoms with Crippen LogP contribution in [0.5, 0.6) is 0 Å². The first kappa shape index (κ1) is 16.5. The number of benzene rings is 1. The SMILES string of the molecule is O=C(O)C[C@H](NC(=O)[C@@H]1C[C@@H]1c1ccco1)c1ccc(Cl)c(F)c1. The molecule has 1 heterocycles. The highest BCUT2D eigenvalue weighted by atomic mass is 35.5. The number of halogens is 2. The molecular weight excluding hydrogens is 337 g/mol. The van der Waals surface area contributed by atoms with Gasteiger partial charge in [0.1, 0.15) is 11.6 Å². The van der Waals surface area contributed by atoms with Crippen molar-refractivity contribution in [3.8, 4) is 0 Å². The van der Waals surface area contributed by atoms with Crippen LogP contribution in [0.2, 0.25) is 5.02 Å². The molecule has 2 aromatic rings. The van der Waals surface area contributed by atoms with E-state index >= 15 is 0 Å². The predicted octanol–water partition coefficient (Wildman–Crippen LogP) is 3.51. The Morgan fingerprint density at radius 1 is 1.42 bits per heavy atom. The molecule has 24 heavy (non-hydrogen) atoms. The van der Waals surface area contributed by atoms with Crippen molar-refractivity contribution in [2.24, 2.45) is 5.92 Å². The number of amides is 1. The molecule has 3 rings (SSSR count). The molecule has 1 fully saturated rings. The largest absolute Gasteiger partial charge is 0.481 e. The molecule has 0 bridgehead atoms. The maximum absolute atomic E-state index is 13.6. The molecule has 1 amide bonds. The summed E-state index contributed by atoms with van der Waals surface area (Å²) in [5, 5.41) is 11.7. The van der Waals surface area contributed by atoms with Gasteiger partial charge in [0.2, 0.25) is 5.91 Å². The van der Waals surface area contributed by atoms with Gasteiger partial charge in [-0.25, -0.2) is 4.39 Å². The first-order valence-electron chi connectivity index (χ1n) is 7.46. The van der Waals surface area contributed by atoms with Crippen LogP contribution in [0.15, 0.2) is 41.0 Å². The minimum Gasteiger partial charge on any atom is -0.481 e. The van der Waals surface area contributed by atoms with Gasteiger partial charge in [-0.3, -0.25) is 9.59 Å². The lowest BCUT2D eigenvalue weighted by Gasteiger charge is -2.18. The fourth-order valence-corrected chi connectivity index (χ4v) is 2.85. The summed E-state index contributed by atoms with van der Waals surface area (Å²) >= 11 is 5.64. The lowest BCUT2D eigenvalue weighted by atomic mass is 10.0. The zero-order chi connectivity index (χ0) is 17.3. The molecule has 0 unspecified atom stereocenters. The standard InChI is InChI=1S/C17H15ClFNO4/c18-12-4-3-9(6-13(12)19)14(8-16(21)22)20-17(23)11-7-10(11)15-2-1-5-24-15/h1-6,10-11,14H,7-8H2,(H,20,23)(H,21,22)/t10-,11+,14-/m0/s1. The van der Waals surface area contributed by atoms with Crippen molar-refractivity contribution in [3.63, 3.8) is 0 Å². The van der Waals surface area contributed by atoms with Crippen LogP contribution >= 0.6 is 11.6 Å². The molecule has 1 saturated carbocycles. The van der Waals surface area contributed by atoms with E-state index in [2.05, 4.69) is 5.32 Å². The topological polar surface area (TPSA) is 79.5 Å². The molecule has 0 saturated heterocycles. The summed E-state index contributed by atoms with van der Waals surface area (Å²) in [6.45, 7) is 0. The van der Waals surface area contributed by atoms with E-state index in [0.29, 0.717) is 12.0 Å². The van der Waals surface area contributed by atoms with E-state index in [4.69, 9.17) is 21.1 Å². The second kappa shape index (κ2) is 6.65. The van der Waals surface area contributed by atoms with Gasteiger partial charge in [0, 0.05) is 11.8 Å². The van der Waals surface area contributed by atoms with Crippen LogP contribution in [0.4, 0.5) is 4.39 Å². The molecule has 5 nitrogen and oxygen atoms in total. The van der Waals surface area contributed by atoms with Crippen LogP contribution in [0.25, 0.3) is 0 Å². The average Bonchev–Trinajstić information content (AvgIpc) is 3.15. The second-order valence-corrected chi connectivity index (χ2v) is 6.20. The Bertz CT molecular complexity index is 762. The van der Waals surface area contributed by atoms with Crippen molar-refractivity contribution in [1.82, 2.24) is 5.32 Å². The number of furan rings is 1. The van der Waals surface area contributed by atoms with Gasteiger partial charge in [-0.05, 0) is 36.2 Å². The van der Waals surface area contributed by atoms with Gasteiger partial charge >= 0.3 is 5.97 Å². The van der Waals surface area contributed by atoms with Crippen molar-refractivity contribution in [1.29, 1.82) is 0 Å². The number of carboxylic acids is 1. The van der Waals surface area contributed by atoms with Crippen LogP contribution < -0.4 is 5.32 Å². The van der Waals surface area contributed by atoms with Gasteiger partial charge in [-0.1, -0.05) is 17.7 Å². The first-order valence-corrected chi connectivity index (χ1v) is 7.84. The van der Waals surface area contributed by atoms with E-state index in [1.54, 1.807) is 18.4 Å². The Hall–Kier alpha value is -2.34. The summed E-state index contributed by atoms with van der Waals surface area (Å²) < 4.78 is 18.9. The van der Waals surface area contributed by atoms with Crippen molar-refractivity contribution in [3.05, 3.63) is 58.8 Å². The number of hydrogen-bond acceptors (Lipinski definition) is 3. The van der Waals surface area contributed by atoms with Crippen LogP contribution in [0.1, 0.15) is 36.1 Å². The van der Waals surface area contributed by atoms with Crippen molar-refractivity contribution in [2.75, 3.05) is 0 Å². The number of carbonyl (C=O) groups is 2. The van der Waals surface area contributed by atoms with Crippen molar-refractivity contribution >= 4 is 23.5 Å². The Labute approximate surface area is 142 Å². The molecule has 126 valence electrons. The highest BCUT2D eigenvalue weighted by Crippen LogP contribution is 2.48. The summed E-state index contributed by atoms with van der Waals surface area (Å²) in [6, 6.07) is 6.74. The Balaban J connectivity index is 1.71. The van der Waals surface area contributed by atoms with Gasteiger partial charge in [0.15, 0.2) is 0 Å². The average molecular weight is 352 g/mol. The molecule has 0 aliphatic heterocycles. The maximum Gasteiger partial charge on any atom is 0.305 e. The molecule has 1 aliphatic carbocycles. The molecule has 7 heteroatoms. The zero-order valence-corrected chi connectivity index (χ0v) is 13.3. The third kappa shape index (κ3) is 3.59. The number of aliphatic carboxylic acids is 1. The third-order valence-electron chi connectivity index (χ3n) is 4.08. The van der Waals surface area contributed by atoms with E-state index < -0.39 is 17.8 Å². The van der Waals surface area contributed by atoms with E-state index in [1.807, 2.05) is 0 Å². The molecular formula is C17H15ClFNO4. The molecule has 1 aliphatic rings. The van der Waals surface area contributed by atoms with E-state index in [9.17, 15) is 14.0 Å². The lowest BCUT2D eigenvalue weighted by Crippen LogP contribution is -2.31. The minimum absolute atomic E-state index is 0.00688. The Morgan fingerprint density at radius 3 is 2.83 bits per heavy atom. The lowest BCUT2D eigenvalue weighted by molar-refractivity contribution is -0.137. The zero-order valence-electron chi connectivity index (χ0n) is 12.5. The highest BCUT2D eigenvalue weighted by Gasteiger charge is 2.46. The van der Waals surface area contributed by atoms with Gasteiger partial charge < -0.3 is 14.8 Å². The maximum atomic E-state index is 13.6. The van der Waals surface area contributed by atoms with E-state index in [-0.39, 0.29) is 29.2 Å². The molecule has 2 N–H and O–H groups in total. The molecule has 0 spiro atoms. The number of carbonyl (C=O) groups excluding carboxylic acids is 1. The quantitative estimate of drug-likeness (QED) is 0.834. The summed E-state index contributed by atoms with van der Waals surface area (Å²) in [5.41, 5.74) is 0.364. The van der Waals surface area contributed by atoms with Gasteiger partial charge in [-0.15, -0.1) is 0 Å². The first-order chi connectivity index (χ1) is 11.5. The third-order valence-corrected chi connectivity index (χ3v) is 4.38. The van der Waals surface area contributed by atoms with Gasteiger partial charge in [0.05, 0.1) is 23.7 Å². The van der Waals surface area contributed by atoms with E-state index in [1.165, 1.54) is 12.1 Å². The van der Waals surface area contributed by atoms with Crippen LogP contribution in [-0.2, 0) is 9.59 Å². The smallest absolute Gasteiger partial charge is 0.305 e. The molecule has 1 aromatic heterocycles. The molecule has 1 aromatic carbocycles. The number of nitrogens with one attached hydrogen (secondary N) is 1. The normalized spacial score (nSPS) is 20.4. The fourth-order valence-electron chi connectivity index (χ4n) is 2.74. The number of carboxylic acid groups (broad SMARTS) is 1. The highest BCUT2D eigenvalue weighted by molar-refractivity contribution is 6.30. The van der Waals surface area contributed by atoms with Gasteiger partial charge in [-0.2, -0.15) is 0 Å². The van der Waals surface area contributed by atoms with Gasteiger partial charge in [0.25, 0.3) is 0 Å². The summed E-state index contributed by atoms with van der Waals surface area (Å²) in [5.74, 6) is -1.52.